The van der Waals surface area contributed by atoms with Crippen LogP contribution in [0.15, 0.2) is 60.7 Å². The van der Waals surface area contributed by atoms with E-state index in [2.05, 4.69) is 74.5 Å². The number of rotatable bonds is 8. The standard InChI is InChI=1S/C37H52.4CH3.Hf/c1-3-25-37(26-4-2,35-23-21-31-29(17-11-19-33(31)35)27-13-7-5-8-14-27)36-24-22-32-30(18-12-20-34(32)36)28-15-9-6-10-16-28;;;;;/h5-10,13-16,29-36H,3-4,11-12,17-26H2,1-2H3;4*1H3;/q;4*-1;+4. The molecule has 2 aromatic carbocycles. The maximum Gasteiger partial charge on any atom is 4.00 e. The van der Waals surface area contributed by atoms with Crippen LogP contribution in [0.2, 0.25) is 0 Å². The average Bonchev–Trinajstić information content (AvgIpc) is 3.59. The van der Waals surface area contributed by atoms with E-state index in [0.717, 1.165) is 47.3 Å². The summed E-state index contributed by atoms with van der Waals surface area (Å²) in [4.78, 5) is 0. The van der Waals surface area contributed by atoms with E-state index >= 15 is 0 Å². The van der Waals surface area contributed by atoms with Gasteiger partial charge in [-0.15, -0.1) is 0 Å². The Kier molecular flexibility index (Phi) is 16.6. The van der Waals surface area contributed by atoms with Gasteiger partial charge in [-0.1, -0.05) is 100 Å². The average molecular weight is 735 g/mol. The maximum absolute atomic E-state index is 2.50. The first-order valence-electron chi connectivity index (χ1n) is 16.4. The molecule has 42 heavy (non-hydrogen) atoms. The Balaban J connectivity index is 0.00000176. The van der Waals surface area contributed by atoms with Crippen LogP contribution in [0.25, 0.3) is 0 Å². The molecule has 1 heteroatoms. The fourth-order valence-electron chi connectivity index (χ4n) is 11.3. The zero-order valence-corrected chi connectivity index (χ0v) is 31.9. The molecule has 0 spiro atoms. The Morgan fingerprint density at radius 3 is 1.24 bits per heavy atom. The summed E-state index contributed by atoms with van der Waals surface area (Å²) in [5, 5.41) is 0. The minimum Gasteiger partial charge on any atom is -0.358 e. The van der Waals surface area contributed by atoms with Gasteiger partial charge in [0.25, 0.3) is 0 Å². The molecule has 0 bridgehead atoms. The van der Waals surface area contributed by atoms with Crippen molar-refractivity contribution in [2.24, 2.45) is 40.9 Å². The second kappa shape index (κ2) is 17.7. The molecule has 0 aliphatic heterocycles. The molecule has 0 saturated heterocycles. The van der Waals surface area contributed by atoms with Crippen LogP contribution in [0.5, 0.6) is 0 Å². The molecule has 4 aliphatic rings. The molecule has 0 amide bonds. The van der Waals surface area contributed by atoms with Gasteiger partial charge in [-0.3, -0.25) is 0 Å². The molecule has 0 nitrogen and oxygen atoms in total. The summed E-state index contributed by atoms with van der Waals surface area (Å²) in [6, 6.07) is 23.3. The van der Waals surface area contributed by atoms with Gasteiger partial charge in [0, 0.05) is 0 Å². The van der Waals surface area contributed by atoms with Crippen LogP contribution in [-0.4, -0.2) is 0 Å². The Labute approximate surface area is 282 Å². The molecular formula is C41H64Hf. The largest absolute Gasteiger partial charge is 4.00 e. The molecule has 4 saturated carbocycles. The van der Waals surface area contributed by atoms with Crippen LogP contribution >= 0.6 is 0 Å². The third-order valence-corrected chi connectivity index (χ3v) is 12.3. The number of benzene rings is 2. The quantitative estimate of drug-likeness (QED) is 0.187. The van der Waals surface area contributed by atoms with Crippen LogP contribution in [0.4, 0.5) is 0 Å². The van der Waals surface area contributed by atoms with E-state index in [4.69, 9.17) is 0 Å². The van der Waals surface area contributed by atoms with Gasteiger partial charge < -0.3 is 29.7 Å². The summed E-state index contributed by atoms with van der Waals surface area (Å²) in [5.41, 5.74) is 3.89. The molecule has 0 aromatic heterocycles. The summed E-state index contributed by atoms with van der Waals surface area (Å²) in [5.74, 6) is 7.42. The van der Waals surface area contributed by atoms with Gasteiger partial charge in [-0.25, -0.2) is 0 Å². The fourth-order valence-corrected chi connectivity index (χ4v) is 11.3. The first kappa shape index (κ1) is 39.3. The number of fused-ring (bicyclic) bond motifs is 2. The SMILES string of the molecule is CCCC(CCC)(C1CCC2C(c3ccccc3)CCCC21)C1CCC2C(c3ccccc3)CCCC21.[CH3-].[CH3-].[CH3-].[CH3-].[Hf+4]. The van der Waals surface area contributed by atoms with E-state index in [9.17, 15) is 0 Å². The molecule has 8 unspecified atom stereocenters. The Hall–Kier alpha value is -0.690. The normalized spacial score (nSPS) is 31.5. The maximum atomic E-state index is 2.50. The van der Waals surface area contributed by atoms with Gasteiger partial charge in [0.15, 0.2) is 0 Å². The second-order valence-electron chi connectivity index (χ2n) is 13.7. The van der Waals surface area contributed by atoms with Crippen molar-refractivity contribution in [1.29, 1.82) is 0 Å². The predicted octanol–water partition coefficient (Wildman–Crippen LogP) is 12.6. The minimum absolute atomic E-state index is 0. The van der Waals surface area contributed by atoms with E-state index in [-0.39, 0.29) is 55.5 Å². The van der Waals surface area contributed by atoms with E-state index < -0.39 is 0 Å². The molecular weight excluding hydrogens is 671 g/mol. The summed E-state index contributed by atoms with van der Waals surface area (Å²) in [6.07, 6.45) is 20.6. The van der Waals surface area contributed by atoms with Crippen LogP contribution in [0, 0.1) is 70.6 Å². The number of hydrogen-bond donors (Lipinski definition) is 0. The van der Waals surface area contributed by atoms with Gasteiger partial charge in [0.1, 0.15) is 0 Å². The fraction of sp³-hybridized carbons (Fsp3) is 0.610. The van der Waals surface area contributed by atoms with E-state index in [0.29, 0.717) is 5.41 Å². The van der Waals surface area contributed by atoms with E-state index in [1.165, 1.54) is 89.9 Å². The first-order chi connectivity index (χ1) is 18.3. The Morgan fingerprint density at radius 2 is 0.881 bits per heavy atom. The summed E-state index contributed by atoms with van der Waals surface area (Å²) >= 11 is 0. The topological polar surface area (TPSA) is 0 Å². The van der Waals surface area contributed by atoms with Crippen molar-refractivity contribution in [2.45, 2.75) is 116 Å². The van der Waals surface area contributed by atoms with Gasteiger partial charge >= 0.3 is 25.8 Å². The van der Waals surface area contributed by atoms with Crippen molar-refractivity contribution in [3.05, 3.63) is 101 Å². The van der Waals surface area contributed by atoms with Crippen molar-refractivity contribution in [2.75, 3.05) is 0 Å². The van der Waals surface area contributed by atoms with Crippen molar-refractivity contribution in [1.82, 2.24) is 0 Å². The third kappa shape index (κ3) is 7.23. The van der Waals surface area contributed by atoms with Gasteiger partial charge in [-0.2, -0.15) is 0 Å². The third-order valence-electron chi connectivity index (χ3n) is 12.3. The van der Waals surface area contributed by atoms with E-state index in [1.54, 1.807) is 11.1 Å². The molecule has 8 atom stereocenters. The molecule has 4 aliphatic carbocycles. The Morgan fingerprint density at radius 1 is 0.500 bits per heavy atom. The van der Waals surface area contributed by atoms with Crippen molar-refractivity contribution in [3.8, 4) is 0 Å². The molecule has 0 heterocycles. The predicted molar refractivity (Wildman–Crippen MR) is 183 cm³/mol. The molecule has 6 rings (SSSR count). The van der Waals surface area contributed by atoms with Crippen LogP contribution in [-0.2, 0) is 25.8 Å². The molecule has 232 valence electrons. The zero-order chi connectivity index (χ0) is 25.2. The van der Waals surface area contributed by atoms with Crippen LogP contribution in [0.3, 0.4) is 0 Å². The van der Waals surface area contributed by atoms with Gasteiger partial charge in [-0.05, 0) is 128 Å². The summed E-state index contributed by atoms with van der Waals surface area (Å²) < 4.78 is 0. The summed E-state index contributed by atoms with van der Waals surface area (Å²) in [7, 11) is 0. The smallest absolute Gasteiger partial charge is 0.358 e. The van der Waals surface area contributed by atoms with Crippen molar-refractivity contribution in [3.63, 3.8) is 0 Å². The van der Waals surface area contributed by atoms with Gasteiger partial charge in [0.05, 0.1) is 0 Å². The first-order valence-corrected chi connectivity index (χ1v) is 16.4. The second-order valence-corrected chi connectivity index (χ2v) is 13.7. The molecule has 4 fully saturated rings. The zero-order valence-electron chi connectivity index (χ0n) is 28.3. The van der Waals surface area contributed by atoms with Gasteiger partial charge in [0.2, 0.25) is 0 Å². The molecule has 0 N–H and O–H groups in total. The monoisotopic (exact) mass is 736 g/mol. The Bertz CT molecular complexity index is 901. The molecule has 2 aromatic rings. The van der Waals surface area contributed by atoms with Crippen molar-refractivity contribution < 1.29 is 25.8 Å². The van der Waals surface area contributed by atoms with Crippen molar-refractivity contribution >= 4 is 0 Å². The summed E-state index contributed by atoms with van der Waals surface area (Å²) in [6.45, 7) is 5.01. The molecule has 0 radical (unpaired) electrons. The van der Waals surface area contributed by atoms with E-state index in [1.807, 2.05) is 0 Å². The number of hydrogen-bond acceptors (Lipinski definition) is 0. The minimum atomic E-state index is 0. The van der Waals surface area contributed by atoms with Crippen LogP contribution < -0.4 is 0 Å². The van der Waals surface area contributed by atoms with Crippen LogP contribution in [0.1, 0.15) is 127 Å².